The van der Waals surface area contributed by atoms with Gasteiger partial charge < -0.3 is 4.74 Å². The number of carbonyl (C=O) groups is 1. The molecule has 1 aromatic carbocycles. The zero-order valence-corrected chi connectivity index (χ0v) is 12.0. The van der Waals surface area contributed by atoms with Crippen LogP contribution >= 0.6 is 11.3 Å². The second kappa shape index (κ2) is 5.06. The van der Waals surface area contributed by atoms with Crippen molar-refractivity contribution in [2.24, 2.45) is 4.99 Å². The van der Waals surface area contributed by atoms with Crippen molar-refractivity contribution >= 4 is 29.3 Å². The van der Waals surface area contributed by atoms with E-state index in [0.29, 0.717) is 11.6 Å². The van der Waals surface area contributed by atoms with Gasteiger partial charge in [0.15, 0.2) is 5.70 Å². The summed E-state index contributed by atoms with van der Waals surface area (Å²) in [5.74, 6) is -0.0208. The summed E-state index contributed by atoms with van der Waals surface area (Å²) in [6, 6.07) is 9.78. The number of ether oxygens (including phenoxy) is 1. The number of rotatable bonds is 2. The first-order valence-electron chi connectivity index (χ1n) is 6.27. The highest BCUT2D eigenvalue weighted by atomic mass is 32.1. The maximum atomic E-state index is 11.8. The molecule has 0 unspecified atom stereocenters. The standard InChI is InChI=1S/C16H13NO2S/c1-10-5-6-12(8-11(10)2)15-17-14(16(18)19-15)9-13-4-3-7-20-13/h3-9H,1-2H3/b14-9+. The highest BCUT2D eigenvalue weighted by Gasteiger charge is 2.24. The van der Waals surface area contributed by atoms with Crippen molar-refractivity contribution in [1.29, 1.82) is 0 Å². The van der Waals surface area contributed by atoms with Gasteiger partial charge in [-0.15, -0.1) is 11.3 Å². The smallest absolute Gasteiger partial charge is 0.363 e. The summed E-state index contributed by atoms with van der Waals surface area (Å²) < 4.78 is 5.25. The van der Waals surface area contributed by atoms with Gasteiger partial charge in [-0.3, -0.25) is 0 Å². The lowest BCUT2D eigenvalue weighted by atomic mass is 10.1. The molecule has 0 fully saturated rings. The van der Waals surface area contributed by atoms with Crippen molar-refractivity contribution in [1.82, 2.24) is 0 Å². The van der Waals surface area contributed by atoms with Crippen LogP contribution in [-0.4, -0.2) is 11.9 Å². The maximum Gasteiger partial charge on any atom is 0.363 e. The average Bonchev–Trinajstić information content (AvgIpc) is 3.04. The molecule has 0 aliphatic carbocycles. The van der Waals surface area contributed by atoms with Crippen molar-refractivity contribution in [3.8, 4) is 0 Å². The van der Waals surface area contributed by atoms with Crippen LogP contribution in [0.1, 0.15) is 21.6 Å². The van der Waals surface area contributed by atoms with E-state index in [1.165, 1.54) is 5.56 Å². The second-order valence-electron chi connectivity index (χ2n) is 4.65. The molecule has 1 aliphatic heterocycles. The number of aryl methyl sites for hydroxylation is 2. The normalized spacial score (nSPS) is 16.4. The Morgan fingerprint density at radius 1 is 1.20 bits per heavy atom. The Morgan fingerprint density at radius 2 is 2.05 bits per heavy atom. The molecule has 0 bridgehead atoms. The Morgan fingerprint density at radius 3 is 2.75 bits per heavy atom. The van der Waals surface area contributed by atoms with Gasteiger partial charge >= 0.3 is 5.97 Å². The molecule has 0 saturated heterocycles. The van der Waals surface area contributed by atoms with Crippen LogP contribution in [0.2, 0.25) is 0 Å². The third-order valence-electron chi connectivity index (χ3n) is 3.20. The third kappa shape index (κ3) is 2.42. The molecule has 0 radical (unpaired) electrons. The minimum atomic E-state index is -0.397. The summed E-state index contributed by atoms with van der Waals surface area (Å²) in [5.41, 5.74) is 3.53. The number of thiophene rings is 1. The minimum absolute atomic E-state index is 0.348. The van der Waals surface area contributed by atoms with Crippen molar-refractivity contribution in [2.75, 3.05) is 0 Å². The molecule has 2 aromatic rings. The van der Waals surface area contributed by atoms with Crippen molar-refractivity contribution in [2.45, 2.75) is 13.8 Å². The minimum Gasteiger partial charge on any atom is -0.402 e. The Kier molecular flexibility index (Phi) is 3.24. The average molecular weight is 283 g/mol. The van der Waals surface area contributed by atoms with E-state index >= 15 is 0 Å². The van der Waals surface area contributed by atoms with Crippen LogP contribution < -0.4 is 0 Å². The highest BCUT2D eigenvalue weighted by molar-refractivity contribution is 7.10. The topological polar surface area (TPSA) is 38.7 Å². The number of hydrogen-bond donors (Lipinski definition) is 0. The molecule has 0 saturated carbocycles. The SMILES string of the molecule is Cc1ccc(C2=N/C(=C/c3cccs3)C(=O)O2)cc1C. The molecule has 0 N–H and O–H groups in total. The first-order chi connectivity index (χ1) is 9.63. The van der Waals surface area contributed by atoms with Crippen LogP contribution in [0.25, 0.3) is 6.08 Å². The van der Waals surface area contributed by atoms with E-state index in [2.05, 4.69) is 4.99 Å². The van der Waals surface area contributed by atoms with Crippen LogP contribution in [0.4, 0.5) is 0 Å². The van der Waals surface area contributed by atoms with Crippen LogP contribution in [-0.2, 0) is 9.53 Å². The van der Waals surface area contributed by atoms with Gasteiger partial charge in [-0.05, 0) is 54.6 Å². The highest BCUT2D eigenvalue weighted by Crippen LogP contribution is 2.22. The lowest BCUT2D eigenvalue weighted by molar-refractivity contribution is -0.129. The fraction of sp³-hybridized carbons (Fsp3) is 0.125. The summed E-state index contributed by atoms with van der Waals surface area (Å²) >= 11 is 1.56. The van der Waals surface area contributed by atoms with Gasteiger partial charge in [0, 0.05) is 10.4 Å². The van der Waals surface area contributed by atoms with E-state index in [0.717, 1.165) is 16.0 Å². The molecule has 3 nitrogen and oxygen atoms in total. The fourth-order valence-corrected chi connectivity index (χ4v) is 2.57. The number of cyclic esters (lactones) is 1. The number of carbonyl (C=O) groups excluding carboxylic acids is 1. The zero-order valence-electron chi connectivity index (χ0n) is 11.2. The van der Waals surface area contributed by atoms with E-state index < -0.39 is 5.97 Å². The van der Waals surface area contributed by atoms with Crippen LogP contribution in [0.5, 0.6) is 0 Å². The number of benzene rings is 1. The van der Waals surface area contributed by atoms with Gasteiger partial charge in [0.1, 0.15) is 0 Å². The van der Waals surface area contributed by atoms with E-state index in [9.17, 15) is 4.79 Å². The van der Waals surface area contributed by atoms with E-state index in [1.54, 1.807) is 17.4 Å². The molecule has 100 valence electrons. The van der Waals surface area contributed by atoms with Crippen LogP contribution in [0.15, 0.2) is 46.4 Å². The van der Waals surface area contributed by atoms with Gasteiger partial charge in [0.25, 0.3) is 0 Å². The first kappa shape index (κ1) is 12.8. The number of aliphatic imine (C=N–C) groups is 1. The van der Waals surface area contributed by atoms with Gasteiger partial charge in [0.2, 0.25) is 5.90 Å². The largest absolute Gasteiger partial charge is 0.402 e. The molecule has 0 amide bonds. The fourth-order valence-electron chi connectivity index (χ4n) is 1.92. The summed E-state index contributed by atoms with van der Waals surface area (Å²) in [6.07, 6.45) is 1.75. The van der Waals surface area contributed by atoms with Crippen molar-refractivity contribution < 1.29 is 9.53 Å². The monoisotopic (exact) mass is 283 g/mol. The Labute approximate surface area is 121 Å². The lowest BCUT2D eigenvalue weighted by Gasteiger charge is -2.03. The quantitative estimate of drug-likeness (QED) is 0.622. The molecular formula is C16H13NO2S. The Hall–Kier alpha value is -2.20. The number of esters is 1. The van der Waals surface area contributed by atoms with Crippen molar-refractivity contribution in [3.05, 3.63) is 63.0 Å². The molecule has 0 spiro atoms. The first-order valence-corrected chi connectivity index (χ1v) is 7.15. The molecular weight excluding hydrogens is 270 g/mol. The summed E-state index contributed by atoms with van der Waals surface area (Å²) in [7, 11) is 0. The molecule has 4 heteroatoms. The summed E-state index contributed by atoms with van der Waals surface area (Å²) in [5, 5.41) is 1.96. The van der Waals surface area contributed by atoms with Crippen LogP contribution in [0.3, 0.4) is 0 Å². The zero-order chi connectivity index (χ0) is 14.1. The van der Waals surface area contributed by atoms with Gasteiger partial charge in [-0.2, -0.15) is 0 Å². The van der Waals surface area contributed by atoms with Gasteiger partial charge in [-0.1, -0.05) is 12.1 Å². The van der Waals surface area contributed by atoms with Crippen LogP contribution in [0, 0.1) is 13.8 Å². The molecule has 1 aliphatic rings. The second-order valence-corrected chi connectivity index (χ2v) is 5.63. The van der Waals surface area contributed by atoms with E-state index in [-0.39, 0.29) is 0 Å². The molecule has 3 rings (SSSR count). The van der Waals surface area contributed by atoms with Crippen molar-refractivity contribution in [3.63, 3.8) is 0 Å². The lowest BCUT2D eigenvalue weighted by Crippen LogP contribution is -2.05. The predicted octanol–water partition coefficient (Wildman–Crippen LogP) is 3.71. The molecule has 20 heavy (non-hydrogen) atoms. The molecule has 0 atom stereocenters. The summed E-state index contributed by atoms with van der Waals surface area (Å²) in [6.45, 7) is 4.07. The number of hydrogen-bond acceptors (Lipinski definition) is 4. The Bertz CT molecular complexity index is 727. The summed E-state index contributed by atoms with van der Waals surface area (Å²) in [4.78, 5) is 17.1. The van der Waals surface area contributed by atoms with E-state index in [1.807, 2.05) is 49.6 Å². The van der Waals surface area contributed by atoms with Gasteiger partial charge in [-0.25, -0.2) is 9.79 Å². The molecule has 1 aromatic heterocycles. The predicted molar refractivity (Wildman–Crippen MR) is 80.8 cm³/mol. The third-order valence-corrected chi connectivity index (χ3v) is 4.02. The van der Waals surface area contributed by atoms with Gasteiger partial charge in [0.05, 0.1) is 0 Å². The van der Waals surface area contributed by atoms with E-state index in [4.69, 9.17) is 4.74 Å². The number of nitrogens with zero attached hydrogens (tertiary/aromatic N) is 1. The maximum absolute atomic E-state index is 11.8. The molecule has 2 heterocycles. The Balaban J connectivity index is 1.96.